The number of fused-ring (bicyclic) bond motifs is 1. The van der Waals surface area contributed by atoms with Crippen molar-refractivity contribution in [1.82, 2.24) is 14.8 Å². The van der Waals surface area contributed by atoms with Gasteiger partial charge in [-0.3, -0.25) is 13.7 Å². The molecule has 1 aromatic heterocycles. The van der Waals surface area contributed by atoms with E-state index in [-0.39, 0.29) is 17.2 Å². The summed E-state index contributed by atoms with van der Waals surface area (Å²) >= 11 is 1.21. The molecule has 0 spiro atoms. The fraction of sp³-hybridized carbons (Fsp3) is 0.438. The molecule has 2 heterocycles. The molecule has 0 unspecified atom stereocenters. The predicted molar refractivity (Wildman–Crippen MR) is 101 cm³/mol. The largest absolute Gasteiger partial charge is 0.343 e. The summed E-state index contributed by atoms with van der Waals surface area (Å²) in [6.45, 7) is 2.91. The zero-order valence-electron chi connectivity index (χ0n) is 14.6. The zero-order valence-corrected chi connectivity index (χ0v) is 16.2. The lowest BCUT2D eigenvalue weighted by Gasteiger charge is -2.16. The van der Waals surface area contributed by atoms with Crippen molar-refractivity contribution >= 4 is 33.3 Å². The highest BCUT2D eigenvalue weighted by Crippen LogP contribution is 2.31. The van der Waals surface area contributed by atoms with Crippen LogP contribution in [0.4, 0.5) is 5.69 Å². The van der Waals surface area contributed by atoms with Gasteiger partial charge in [0.1, 0.15) is 0 Å². The molecule has 0 radical (unpaired) electrons. The molecule has 1 aliphatic rings. The summed E-state index contributed by atoms with van der Waals surface area (Å²) in [6, 6.07) is 5.09. The van der Waals surface area contributed by atoms with Crippen molar-refractivity contribution in [3.8, 4) is 0 Å². The Kier molecular flexibility index (Phi) is 5.24. The Labute approximate surface area is 155 Å². The van der Waals surface area contributed by atoms with Crippen LogP contribution in [0.15, 0.2) is 28.2 Å². The highest BCUT2D eigenvalue weighted by atomic mass is 32.2. The second-order valence-corrected chi connectivity index (χ2v) is 8.95. The Morgan fingerprint density at radius 3 is 2.85 bits per heavy atom. The van der Waals surface area contributed by atoms with E-state index in [1.165, 1.54) is 26.9 Å². The molecular formula is C16H20N4O4S2. The fourth-order valence-corrected chi connectivity index (χ4v) is 4.76. The third-order valence-corrected chi connectivity index (χ3v) is 6.31. The van der Waals surface area contributed by atoms with Gasteiger partial charge in [0.2, 0.25) is 10.0 Å². The number of aromatic amines is 1. The molecule has 3 rings (SSSR count). The summed E-state index contributed by atoms with van der Waals surface area (Å²) in [6.07, 6.45) is 2.56. The average Bonchev–Trinajstić information content (AvgIpc) is 3.16. The van der Waals surface area contributed by atoms with Crippen molar-refractivity contribution in [2.75, 3.05) is 22.9 Å². The minimum Gasteiger partial charge on any atom is -0.293 e. The van der Waals surface area contributed by atoms with Crippen LogP contribution >= 0.6 is 11.8 Å². The van der Waals surface area contributed by atoms with Crippen molar-refractivity contribution in [2.45, 2.75) is 31.5 Å². The second kappa shape index (κ2) is 7.28. The van der Waals surface area contributed by atoms with Crippen molar-refractivity contribution in [3.05, 3.63) is 39.8 Å². The first-order valence-corrected chi connectivity index (χ1v) is 11.1. The van der Waals surface area contributed by atoms with Gasteiger partial charge in [0.05, 0.1) is 17.7 Å². The summed E-state index contributed by atoms with van der Waals surface area (Å²) in [5.74, 6) is 0.0665. The number of aromatic nitrogens is 3. The summed E-state index contributed by atoms with van der Waals surface area (Å²) < 4.78 is 26.4. The summed E-state index contributed by atoms with van der Waals surface area (Å²) in [5, 5.41) is 6.85. The van der Waals surface area contributed by atoms with Gasteiger partial charge in [0, 0.05) is 18.7 Å². The minimum absolute atomic E-state index is 0.0888. The van der Waals surface area contributed by atoms with E-state index in [4.69, 9.17) is 0 Å². The Bertz CT molecular complexity index is 994. The monoisotopic (exact) mass is 396 g/mol. The van der Waals surface area contributed by atoms with Crippen LogP contribution in [0.5, 0.6) is 0 Å². The van der Waals surface area contributed by atoms with Gasteiger partial charge in [0.25, 0.3) is 0 Å². The van der Waals surface area contributed by atoms with Crippen LogP contribution < -0.4 is 9.99 Å². The summed E-state index contributed by atoms with van der Waals surface area (Å²) in [5.41, 5.74) is 1.75. The first-order valence-electron chi connectivity index (χ1n) is 8.23. The van der Waals surface area contributed by atoms with Gasteiger partial charge in [-0.05, 0) is 36.6 Å². The van der Waals surface area contributed by atoms with Gasteiger partial charge < -0.3 is 0 Å². The highest BCUT2D eigenvalue weighted by molar-refractivity contribution is 7.99. The van der Waals surface area contributed by atoms with Crippen LogP contribution in [-0.4, -0.2) is 47.5 Å². The van der Waals surface area contributed by atoms with E-state index < -0.39 is 10.0 Å². The maximum Gasteiger partial charge on any atom is 0.343 e. The summed E-state index contributed by atoms with van der Waals surface area (Å²) in [7, 11) is -3.30. The molecule has 0 amide bonds. The normalized spacial score (nSPS) is 13.8. The molecule has 0 aliphatic carbocycles. The van der Waals surface area contributed by atoms with Gasteiger partial charge in [0.15, 0.2) is 10.9 Å². The molecule has 8 nitrogen and oxygen atoms in total. The lowest BCUT2D eigenvalue weighted by molar-refractivity contribution is 0.102. The number of carbonyl (C=O) groups excluding carboxylic acids is 1. The van der Waals surface area contributed by atoms with E-state index in [2.05, 4.69) is 10.2 Å². The molecule has 1 aliphatic heterocycles. The standard InChI is InChI=1S/C16H20N4O4S2/c1-3-7-19-15(22)17-18-16(19)25-10-14(21)12-4-5-13-11(9-12)6-8-20(13)26(2,23)24/h4-5,9H,3,6-8,10H2,1-2H3,(H,17,22). The molecular weight excluding hydrogens is 376 g/mol. The summed E-state index contributed by atoms with van der Waals surface area (Å²) in [4.78, 5) is 24.2. The smallest absolute Gasteiger partial charge is 0.293 e. The molecule has 0 saturated carbocycles. The topological polar surface area (TPSA) is 105 Å². The number of benzene rings is 1. The number of anilines is 1. The van der Waals surface area contributed by atoms with Crippen LogP contribution in [0.25, 0.3) is 0 Å². The van der Waals surface area contributed by atoms with E-state index >= 15 is 0 Å². The zero-order chi connectivity index (χ0) is 18.9. The van der Waals surface area contributed by atoms with Crippen LogP contribution in [0.3, 0.4) is 0 Å². The molecule has 1 N–H and O–H groups in total. The lowest BCUT2D eigenvalue weighted by atomic mass is 10.1. The van der Waals surface area contributed by atoms with E-state index in [0.717, 1.165) is 12.0 Å². The number of H-pyrrole nitrogens is 1. The van der Waals surface area contributed by atoms with Crippen molar-refractivity contribution in [1.29, 1.82) is 0 Å². The molecule has 26 heavy (non-hydrogen) atoms. The van der Waals surface area contributed by atoms with Gasteiger partial charge in [-0.1, -0.05) is 18.7 Å². The fourth-order valence-electron chi connectivity index (χ4n) is 2.94. The molecule has 0 saturated heterocycles. The van der Waals surface area contributed by atoms with Crippen molar-refractivity contribution < 1.29 is 13.2 Å². The first-order chi connectivity index (χ1) is 12.3. The number of carbonyl (C=O) groups is 1. The van der Waals surface area contributed by atoms with Crippen molar-refractivity contribution in [3.63, 3.8) is 0 Å². The number of rotatable bonds is 7. The molecule has 140 valence electrons. The minimum atomic E-state index is -3.30. The van der Waals surface area contributed by atoms with E-state index in [1.807, 2.05) is 6.92 Å². The number of Topliss-reactive ketones (excluding diaryl/α,β-unsaturated/α-hetero) is 1. The Morgan fingerprint density at radius 1 is 1.38 bits per heavy atom. The number of hydrogen-bond acceptors (Lipinski definition) is 6. The number of hydrogen-bond donors (Lipinski definition) is 1. The SMILES string of the molecule is CCCn1c(SCC(=O)c2ccc3c(c2)CCN3S(C)(=O)=O)n[nH]c1=O. The predicted octanol–water partition coefficient (Wildman–Crippen LogP) is 1.28. The molecule has 2 aromatic rings. The molecule has 1 aromatic carbocycles. The molecule has 0 bridgehead atoms. The van der Waals surface area contributed by atoms with E-state index in [0.29, 0.717) is 35.9 Å². The number of nitrogens with one attached hydrogen (secondary N) is 1. The number of nitrogens with zero attached hydrogens (tertiary/aromatic N) is 3. The first kappa shape index (κ1) is 18.7. The molecule has 0 atom stereocenters. The third-order valence-electron chi connectivity index (χ3n) is 4.16. The van der Waals surface area contributed by atoms with Gasteiger partial charge >= 0.3 is 5.69 Å². The maximum absolute atomic E-state index is 12.5. The van der Waals surface area contributed by atoms with Crippen LogP contribution in [0, 0.1) is 0 Å². The Balaban J connectivity index is 1.73. The lowest BCUT2D eigenvalue weighted by Crippen LogP contribution is -2.27. The second-order valence-electron chi connectivity index (χ2n) is 6.10. The quantitative estimate of drug-likeness (QED) is 0.558. The Morgan fingerprint density at radius 2 is 2.15 bits per heavy atom. The number of sulfonamides is 1. The van der Waals surface area contributed by atoms with E-state index in [1.54, 1.807) is 18.2 Å². The number of thioether (sulfide) groups is 1. The number of ketones is 1. The van der Waals surface area contributed by atoms with Crippen molar-refractivity contribution in [2.24, 2.45) is 0 Å². The molecule has 10 heteroatoms. The average molecular weight is 396 g/mol. The van der Waals surface area contributed by atoms with Gasteiger partial charge in [-0.15, -0.1) is 5.10 Å². The van der Waals surface area contributed by atoms with Crippen LogP contribution in [-0.2, 0) is 23.0 Å². The Hall–Kier alpha value is -2.07. The third kappa shape index (κ3) is 3.70. The highest BCUT2D eigenvalue weighted by Gasteiger charge is 2.26. The van der Waals surface area contributed by atoms with Gasteiger partial charge in [-0.2, -0.15) is 0 Å². The van der Waals surface area contributed by atoms with Crippen LogP contribution in [0.2, 0.25) is 0 Å². The van der Waals surface area contributed by atoms with Crippen LogP contribution in [0.1, 0.15) is 29.3 Å². The van der Waals surface area contributed by atoms with Gasteiger partial charge in [-0.25, -0.2) is 18.3 Å². The maximum atomic E-state index is 12.5. The molecule has 0 fully saturated rings. The van der Waals surface area contributed by atoms with E-state index in [9.17, 15) is 18.0 Å².